The van der Waals surface area contributed by atoms with Gasteiger partial charge in [0.25, 0.3) is 0 Å². The van der Waals surface area contributed by atoms with E-state index in [4.69, 9.17) is 17.3 Å². The summed E-state index contributed by atoms with van der Waals surface area (Å²) in [5.41, 5.74) is 6.59. The van der Waals surface area contributed by atoms with E-state index in [1.54, 1.807) is 6.21 Å². The molecule has 0 unspecified atom stereocenters. The van der Waals surface area contributed by atoms with Gasteiger partial charge in [-0.25, -0.2) is 0 Å². The van der Waals surface area contributed by atoms with Crippen LogP contribution in [0.1, 0.15) is 25.3 Å². The number of hydrogen-bond acceptors (Lipinski definition) is 3. The van der Waals surface area contributed by atoms with Crippen LogP contribution in [0.15, 0.2) is 34.5 Å². The molecule has 0 aliphatic rings. The first-order valence-electron chi connectivity index (χ1n) is 5.47. The van der Waals surface area contributed by atoms with Crippen LogP contribution in [0.3, 0.4) is 0 Å². The third kappa shape index (κ3) is 6.34. The molecule has 92 valence electrons. The summed E-state index contributed by atoms with van der Waals surface area (Å²) in [5.74, 6) is 0.985. The van der Waals surface area contributed by atoms with Crippen molar-refractivity contribution >= 4 is 34.7 Å². The van der Waals surface area contributed by atoms with Gasteiger partial charge < -0.3 is 5.73 Å². The summed E-state index contributed by atoms with van der Waals surface area (Å²) in [6.45, 7) is 2.14. The van der Waals surface area contributed by atoms with E-state index in [1.807, 2.05) is 24.3 Å². The average molecular weight is 270 g/mol. The van der Waals surface area contributed by atoms with Crippen molar-refractivity contribution in [2.75, 3.05) is 5.75 Å². The Bertz CT molecular complexity index is 404. The second-order valence-electron chi connectivity index (χ2n) is 3.44. The number of halogens is 1. The zero-order valence-corrected chi connectivity index (χ0v) is 11.3. The predicted octanol–water partition coefficient (Wildman–Crippen LogP) is 3.52. The Morgan fingerprint density at radius 1 is 1.53 bits per heavy atom. The summed E-state index contributed by atoms with van der Waals surface area (Å²) in [7, 11) is 0. The maximum Gasteiger partial charge on any atom is 0.180 e. The highest BCUT2D eigenvalue weighted by Gasteiger charge is 1.92. The topological polar surface area (TPSA) is 50.7 Å². The van der Waals surface area contributed by atoms with Crippen LogP contribution in [-0.2, 0) is 0 Å². The van der Waals surface area contributed by atoms with E-state index < -0.39 is 0 Å². The predicted molar refractivity (Wildman–Crippen MR) is 78.0 cm³/mol. The van der Waals surface area contributed by atoms with E-state index in [9.17, 15) is 0 Å². The lowest BCUT2D eigenvalue weighted by molar-refractivity contribution is 0.898. The first-order valence-corrected chi connectivity index (χ1v) is 6.83. The summed E-state index contributed by atoms with van der Waals surface area (Å²) in [6, 6.07) is 7.41. The Morgan fingerprint density at radius 3 is 3.06 bits per heavy atom. The fourth-order valence-electron chi connectivity index (χ4n) is 1.09. The lowest BCUT2D eigenvalue weighted by atomic mass is 10.2. The molecule has 0 atom stereocenters. The molecule has 17 heavy (non-hydrogen) atoms. The molecule has 2 N–H and O–H groups in total. The van der Waals surface area contributed by atoms with E-state index in [2.05, 4.69) is 17.1 Å². The Balaban J connectivity index is 2.45. The van der Waals surface area contributed by atoms with Gasteiger partial charge >= 0.3 is 0 Å². The Morgan fingerprint density at radius 2 is 2.35 bits per heavy atom. The highest BCUT2D eigenvalue weighted by atomic mass is 35.5. The number of thioether (sulfide) groups is 1. The molecule has 0 bridgehead atoms. The van der Waals surface area contributed by atoms with Crippen LogP contribution >= 0.6 is 23.4 Å². The minimum absolute atomic E-state index is 0.497. The fourth-order valence-corrected chi connectivity index (χ4v) is 2.04. The van der Waals surface area contributed by atoms with Gasteiger partial charge in [-0.3, -0.25) is 0 Å². The van der Waals surface area contributed by atoms with Gasteiger partial charge in [0.2, 0.25) is 0 Å². The smallest absolute Gasteiger partial charge is 0.180 e. The zero-order valence-electron chi connectivity index (χ0n) is 9.77. The lowest BCUT2D eigenvalue weighted by Crippen LogP contribution is -2.06. The van der Waals surface area contributed by atoms with Gasteiger partial charge in [-0.2, -0.15) is 5.10 Å². The third-order valence-electron chi connectivity index (χ3n) is 1.96. The maximum atomic E-state index is 5.84. The Kier molecular flexibility index (Phi) is 6.74. The van der Waals surface area contributed by atoms with Crippen molar-refractivity contribution in [2.24, 2.45) is 15.9 Å². The molecule has 0 radical (unpaired) electrons. The van der Waals surface area contributed by atoms with Gasteiger partial charge in [-0.1, -0.05) is 48.8 Å². The molecule has 3 nitrogen and oxygen atoms in total. The number of benzene rings is 1. The van der Waals surface area contributed by atoms with Crippen molar-refractivity contribution in [3.63, 3.8) is 0 Å². The third-order valence-corrected chi connectivity index (χ3v) is 3.06. The minimum Gasteiger partial charge on any atom is -0.377 e. The summed E-state index contributed by atoms with van der Waals surface area (Å²) >= 11 is 7.37. The van der Waals surface area contributed by atoms with Crippen LogP contribution in [0.25, 0.3) is 0 Å². The van der Waals surface area contributed by atoms with Crippen LogP contribution < -0.4 is 5.73 Å². The van der Waals surface area contributed by atoms with Crippen LogP contribution in [0.4, 0.5) is 0 Å². The number of nitrogens with two attached hydrogens (primary N) is 1. The van der Waals surface area contributed by atoms with Gasteiger partial charge in [-0.15, -0.1) is 5.10 Å². The van der Waals surface area contributed by atoms with E-state index in [1.165, 1.54) is 11.8 Å². The summed E-state index contributed by atoms with van der Waals surface area (Å²) in [6.07, 6.45) is 3.93. The first kappa shape index (κ1) is 14.1. The van der Waals surface area contributed by atoms with E-state index in [0.717, 1.165) is 24.2 Å². The fraction of sp³-hybridized carbons (Fsp3) is 0.333. The molecule has 0 fully saturated rings. The van der Waals surface area contributed by atoms with Gasteiger partial charge in [0.15, 0.2) is 5.17 Å². The lowest BCUT2D eigenvalue weighted by Gasteiger charge is -1.96. The molecule has 5 heteroatoms. The molecule has 1 aromatic carbocycles. The van der Waals surface area contributed by atoms with Gasteiger partial charge in [0.1, 0.15) is 0 Å². The SMILES string of the molecule is CCCCS/C(N)=N/N=C/c1cccc(Cl)c1. The molecule has 0 aromatic heterocycles. The van der Waals surface area contributed by atoms with Gasteiger partial charge in [0.05, 0.1) is 6.21 Å². The van der Waals surface area contributed by atoms with E-state index >= 15 is 0 Å². The van der Waals surface area contributed by atoms with Crippen molar-refractivity contribution in [3.05, 3.63) is 34.9 Å². The Hall–Kier alpha value is -1.00. The van der Waals surface area contributed by atoms with Crippen molar-refractivity contribution in [3.8, 4) is 0 Å². The zero-order chi connectivity index (χ0) is 12.5. The summed E-state index contributed by atoms with van der Waals surface area (Å²) in [4.78, 5) is 0. The normalized spacial score (nSPS) is 12.2. The van der Waals surface area contributed by atoms with Gasteiger partial charge in [-0.05, 0) is 24.1 Å². The second kappa shape index (κ2) is 8.14. The van der Waals surface area contributed by atoms with Crippen LogP contribution in [0, 0.1) is 0 Å². The quantitative estimate of drug-likeness (QED) is 0.385. The molecule has 0 aliphatic carbocycles. The van der Waals surface area contributed by atoms with Crippen molar-refractivity contribution < 1.29 is 0 Å². The van der Waals surface area contributed by atoms with E-state index in [-0.39, 0.29) is 0 Å². The average Bonchev–Trinajstić information content (AvgIpc) is 2.29. The number of hydrogen-bond donors (Lipinski definition) is 1. The molecule has 1 aromatic rings. The molecule has 0 aliphatic heterocycles. The van der Waals surface area contributed by atoms with Crippen molar-refractivity contribution in [2.45, 2.75) is 19.8 Å². The van der Waals surface area contributed by atoms with Crippen LogP contribution in [-0.4, -0.2) is 17.1 Å². The first-order chi connectivity index (χ1) is 8.22. The summed E-state index contributed by atoms with van der Waals surface area (Å²) in [5, 5.41) is 9.01. The molecule has 0 amide bonds. The molecule has 0 spiro atoms. The standard InChI is InChI=1S/C12H16ClN3S/c1-2-3-7-17-12(14)16-15-9-10-5-4-6-11(13)8-10/h4-6,8-9H,2-3,7H2,1H3,(H2,14,16)/b15-9+. The van der Waals surface area contributed by atoms with Gasteiger partial charge in [0, 0.05) is 10.8 Å². The second-order valence-corrected chi connectivity index (χ2v) is 4.99. The minimum atomic E-state index is 0.497. The van der Waals surface area contributed by atoms with Crippen LogP contribution in [0.5, 0.6) is 0 Å². The molecular formula is C12H16ClN3S. The van der Waals surface area contributed by atoms with Crippen molar-refractivity contribution in [1.82, 2.24) is 0 Å². The molecule has 0 saturated carbocycles. The largest absolute Gasteiger partial charge is 0.377 e. The number of nitrogens with zero attached hydrogens (tertiary/aromatic N) is 2. The Labute approximate surface area is 111 Å². The maximum absolute atomic E-state index is 5.84. The molecule has 0 heterocycles. The summed E-state index contributed by atoms with van der Waals surface area (Å²) < 4.78 is 0. The molecule has 0 saturated heterocycles. The highest BCUT2D eigenvalue weighted by Crippen LogP contribution is 2.09. The van der Waals surface area contributed by atoms with E-state index in [0.29, 0.717) is 10.2 Å². The van der Waals surface area contributed by atoms with Crippen molar-refractivity contribution in [1.29, 1.82) is 0 Å². The highest BCUT2D eigenvalue weighted by molar-refractivity contribution is 8.13. The molecule has 1 rings (SSSR count). The number of unbranched alkanes of at least 4 members (excludes halogenated alkanes) is 1. The monoisotopic (exact) mass is 269 g/mol. The van der Waals surface area contributed by atoms with Crippen LogP contribution in [0.2, 0.25) is 5.02 Å². The molecular weight excluding hydrogens is 254 g/mol. The number of rotatable bonds is 5. The number of amidine groups is 1.